The van der Waals surface area contributed by atoms with Gasteiger partial charge in [0.2, 0.25) is 0 Å². The first-order valence-electron chi connectivity index (χ1n) is 7.88. The largest absolute Gasteiger partial charge is 0.492 e. The molecule has 0 saturated carbocycles. The molecule has 1 amide bonds. The van der Waals surface area contributed by atoms with Gasteiger partial charge in [0.05, 0.1) is 0 Å². The van der Waals surface area contributed by atoms with Crippen molar-refractivity contribution < 1.29 is 26.9 Å². The van der Waals surface area contributed by atoms with Gasteiger partial charge >= 0.3 is 12.1 Å². The maximum Gasteiger partial charge on any atom is 0.492 e. The standard InChI is InChI=1S/C18H16F3NO3S/c19-18(20,21)17(24)25-26(15-10-5-2-6-11-15)13-7-12-22(26)16(23)14-8-3-1-4-9-14/h1-6,8-11H,7,12-13H2. The summed E-state index contributed by atoms with van der Waals surface area (Å²) in [4.78, 5) is 25.0. The van der Waals surface area contributed by atoms with Crippen LogP contribution in [0.2, 0.25) is 0 Å². The smallest absolute Gasteiger partial charge is 0.385 e. The second-order valence-electron chi connectivity index (χ2n) is 5.65. The van der Waals surface area contributed by atoms with Crippen molar-refractivity contribution in [2.24, 2.45) is 0 Å². The zero-order valence-electron chi connectivity index (χ0n) is 13.6. The van der Waals surface area contributed by atoms with Crippen molar-refractivity contribution >= 4 is 22.4 Å². The number of rotatable bonds is 3. The van der Waals surface area contributed by atoms with E-state index in [2.05, 4.69) is 0 Å². The summed E-state index contributed by atoms with van der Waals surface area (Å²) in [6.45, 7) is 0.225. The van der Waals surface area contributed by atoms with E-state index in [1.54, 1.807) is 60.7 Å². The SMILES string of the molecule is O=C(c1ccccc1)N1CCCS1(OC(=O)C(F)(F)F)c1ccccc1. The van der Waals surface area contributed by atoms with E-state index in [4.69, 9.17) is 4.18 Å². The van der Waals surface area contributed by atoms with E-state index in [0.717, 1.165) is 0 Å². The summed E-state index contributed by atoms with van der Waals surface area (Å²) in [5, 5.41) is 0. The van der Waals surface area contributed by atoms with Crippen molar-refractivity contribution in [2.45, 2.75) is 17.5 Å². The Hall–Kier alpha value is -2.48. The number of amides is 1. The van der Waals surface area contributed by atoms with Crippen LogP contribution in [0.1, 0.15) is 16.8 Å². The van der Waals surface area contributed by atoms with Crippen molar-refractivity contribution in [3.05, 3.63) is 66.2 Å². The molecular formula is C18H16F3NO3S. The lowest BCUT2D eigenvalue weighted by Crippen LogP contribution is -2.36. The summed E-state index contributed by atoms with van der Waals surface area (Å²) in [5.41, 5.74) is 0.338. The fourth-order valence-electron chi connectivity index (χ4n) is 2.81. The Balaban J connectivity index is 2.05. The number of carbonyl (C=O) groups excluding carboxylic acids is 2. The lowest BCUT2D eigenvalue weighted by molar-refractivity contribution is -0.189. The molecule has 138 valence electrons. The van der Waals surface area contributed by atoms with E-state index in [1.807, 2.05) is 0 Å². The first-order valence-corrected chi connectivity index (χ1v) is 9.57. The van der Waals surface area contributed by atoms with Crippen LogP contribution in [0.25, 0.3) is 0 Å². The summed E-state index contributed by atoms with van der Waals surface area (Å²) in [7, 11) is -2.90. The number of carbonyl (C=O) groups is 2. The molecule has 2 aromatic carbocycles. The lowest BCUT2D eigenvalue weighted by atomic mass is 10.2. The predicted molar refractivity (Wildman–Crippen MR) is 91.4 cm³/mol. The second kappa shape index (κ2) is 7.03. The third kappa shape index (κ3) is 3.41. The molecule has 1 heterocycles. The van der Waals surface area contributed by atoms with Gasteiger partial charge in [-0.3, -0.25) is 9.10 Å². The van der Waals surface area contributed by atoms with Crippen molar-refractivity contribution in [3.8, 4) is 0 Å². The Morgan fingerprint density at radius 3 is 2.12 bits per heavy atom. The first kappa shape index (κ1) is 18.3. The van der Waals surface area contributed by atoms with Crippen LogP contribution in [0.15, 0.2) is 65.6 Å². The van der Waals surface area contributed by atoms with Gasteiger partial charge < -0.3 is 4.18 Å². The van der Waals surface area contributed by atoms with Crippen molar-refractivity contribution in [2.75, 3.05) is 12.3 Å². The molecule has 8 heteroatoms. The molecule has 0 bridgehead atoms. The maximum atomic E-state index is 12.9. The molecule has 0 aromatic heterocycles. The van der Waals surface area contributed by atoms with Crippen LogP contribution in [0, 0.1) is 0 Å². The molecule has 0 radical (unpaired) electrons. The minimum Gasteiger partial charge on any atom is -0.385 e. The van der Waals surface area contributed by atoms with Crippen LogP contribution in [0.3, 0.4) is 0 Å². The monoisotopic (exact) mass is 383 g/mol. The van der Waals surface area contributed by atoms with Gasteiger partial charge in [0.15, 0.2) is 0 Å². The average molecular weight is 383 g/mol. The Morgan fingerprint density at radius 1 is 0.962 bits per heavy atom. The normalized spacial score (nSPS) is 22.5. The molecule has 26 heavy (non-hydrogen) atoms. The molecule has 4 nitrogen and oxygen atoms in total. The Morgan fingerprint density at radius 2 is 1.54 bits per heavy atom. The van der Waals surface area contributed by atoms with E-state index in [0.29, 0.717) is 16.9 Å². The molecule has 2 aromatic rings. The van der Waals surface area contributed by atoms with Crippen LogP contribution in [-0.2, 0) is 8.98 Å². The molecule has 1 unspecified atom stereocenters. The first-order chi connectivity index (χ1) is 12.3. The van der Waals surface area contributed by atoms with Crippen molar-refractivity contribution in [1.82, 2.24) is 4.31 Å². The van der Waals surface area contributed by atoms with E-state index >= 15 is 0 Å². The predicted octanol–water partition coefficient (Wildman–Crippen LogP) is 4.33. The Kier molecular flexibility index (Phi) is 4.95. The van der Waals surface area contributed by atoms with E-state index in [1.165, 1.54) is 4.31 Å². The van der Waals surface area contributed by atoms with Gasteiger partial charge in [-0.25, -0.2) is 4.79 Å². The summed E-state index contributed by atoms with van der Waals surface area (Å²) >= 11 is 0. The summed E-state index contributed by atoms with van der Waals surface area (Å²) < 4.78 is 44.9. The fraction of sp³-hybridized carbons (Fsp3) is 0.222. The van der Waals surface area contributed by atoms with Gasteiger partial charge in [0.1, 0.15) is 0 Å². The summed E-state index contributed by atoms with van der Waals surface area (Å²) in [6.07, 6.45) is -4.67. The lowest BCUT2D eigenvalue weighted by Gasteiger charge is -2.42. The minimum atomic E-state index is -5.13. The van der Waals surface area contributed by atoms with Gasteiger partial charge in [-0.15, -0.1) is 0 Å². The molecular weight excluding hydrogens is 367 g/mol. The number of alkyl halides is 3. The molecule has 3 rings (SSSR count). The second-order valence-corrected chi connectivity index (χ2v) is 8.42. The molecule has 1 atom stereocenters. The molecule has 0 aliphatic carbocycles. The third-order valence-electron chi connectivity index (χ3n) is 3.94. The number of hydrogen-bond acceptors (Lipinski definition) is 3. The topological polar surface area (TPSA) is 46.6 Å². The molecule has 0 N–H and O–H groups in total. The van der Waals surface area contributed by atoms with Crippen LogP contribution in [-0.4, -0.2) is 34.7 Å². The van der Waals surface area contributed by atoms with Gasteiger partial charge in [0.25, 0.3) is 5.91 Å². The third-order valence-corrected chi connectivity index (χ3v) is 7.28. The molecule has 1 fully saturated rings. The number of halogens is 3. The van der Waals surface area contributed by atoms with E-state index in [9.17, 15) is 22.8 Å². The van der Waals surface area contributed by atoms with E-state index < -0.39 is 28.5 Å². The number of hydrogen-bond donors (Lipinski definition) is 0. The van der Waals surface area contributed by atoms with Gasteiger partial charge in [-0.2, -0.15) is 13.2 Å². The highest BCUT2D eigenvalue weighted by molar-refractivity contribution is 8.28. The van der Waals surface area contributed by atoms with Gasteiger partial charge in [-0.05, 0) is 30.7 Å². The van der Waals surface area contributed by atoms with Crippen LogP contribution >= 0.6 is 10.5 Å². The number of benzene rings is 2. The maximum absolute atomic E-state index is 12.9. The highest BCUT2D eigenvalue weighted by Crippen LogP contribution is 2.64. The van der Waals surface area contributed by atoms with Crippen LogP contribution < -0.4 is 0 Å². The molecule has 0 spiro atoms. The quantitative estimate of drug-likeness (QED) is 0.793. The summed E-state index contributed by atoms with van der Waals surface area (Å²) in [5.74, 6) is -2.54. The Labute approximate surface area is 150 Å². The summed E-state index contributed by atoms with van der Waals surface area (Å²) in [6, 6.07) is 16.4. The molecule has 1 aliphatic rings. The highest BCUT2D eigenvalue weighted by atomic mass is 32.3. The molecule has 1 aliphatic heterocycles. The van der Waals surface area contributed by atoms with Crippen LogP contribution in [0.4, 0.5) is 13.2 Å². The highest BCUT2D eigenvalue weighted by Gasteiger charge is 2.50. The fourth-order valence-corrected chi connectivity index (χ4v) is 6.03. The number of nitrogens with zero attached hydrogens (tertiary/aromatic N) is 1. The van der Waals surface area contributed by atoms with Gasteiger partial charge in [-0.1, -0.05) is 36.4 Å². The zero-order valence-corrected chi connectivity index (χ0v) is 14.4. The van der Waals surface area contributed by atoms with Crippen molar-refractivity contribution in [1.29, 1.82) is 0 Å². The van der Waals surface area contributed by atoms with Crippen LogP contribution in [0.5, 0.6) is 0 Å². The van der Waals surface area contributed by atoms with Gasteiger partial charge in [0, 0.05) is 33.3 Å². The van der Waals surface area contributed by atoms with Crippen molar-refractivity contribution in [3.63, 3.8) is 0 Å². The molecule has 1 saturated heterocycles. The Bertz CT molecular complexity index is 798. The average Bonchev–Trinajstić information content (AvgIpc) is 3.06. The minimum absolute atomic E-state index is 0.178. The zero-order chi connectivity index (χ0) is 18.8. The van der Waals surface area contributed by atoms with E-state index in [-0.39, 0.29) is 12.3 Å².